The van der Waals surface area contributed by atoms with Gasteiger partial charge in [-0.2, -0.15) is 0 Å². The fourth-order valence-corrected chi connectivity index (χ4v) is 1.91. The molecular formula is C12H14N2O3. The van der Waals surface area contributed by atoms with Crippen molar-refractivity contribution in [1.29, 1.82) is 0 Å². The molecule has 5 nitrogen and oxygen atoms in total. The fraction of sp³-hybridized carbons (Fsp3) is 0.333. The predicted molar refractivity (Wildman–Crippen MR) is 61.9 cm³/mol. The zero-order valence-electron chi connectivity index (χ0n) is 9.30. The predicted octanol–water partition coefficient (Wildman–Crippen LogP) is 0.558. The second-order valence-electron chi connectivity index (χ2n) is 4.18. The summed E-state index contributed by atoms with van der Waals surface area (Å²) in [5.41, 5.74) is 6.42. The number of benzene rings is 1. The van der Waals surface area contributed by atoms with Crippen molar-refractivity contribution in [3.8, 4) is 0 Å². The van der Waals surface area contributed by atoms with Gasteiger partial charge in [0.1, 0.15) is 0 Å². The number of amides is 1. The summed E-state index contributed by atoms with van der Waals surface area (Å²) < 4.78 is 0. The number of likely N-dealkylation sites (tertiary alicyclic amines) is 1. The van der Waals surface area contributed by atoms with Gasteiger partial charge in [0.15, 0.2) is 0 Å². The van der Waals surface area contributed by atoms with E-state index >= 15 is 0 Å². The molecule has 0 radical (unpaired) electrons. The number of carbonyl (C=O) groups excluding carboxylic acids is 1. The summed E-state index contributed by atoms with van der Waals surface area (Å²) in [6, 6.07) is 6.00. The molecule has 90 valence electrons. The number of carboxylic acid groups (broad SMARTS) is 1. The van der Waals surface area contributed by atoms with Gasteiger partial charge < -0.3 is 15.7 Å². The van der Waals surface area contributed by atoms with Crippen molar-refractivity contribution in [2.45, 2.75) is 12.5 Å². The number of hydrogen-bond donors (Lipinski definition) is 2. The van der Waals surface area contributed by atoms with Crippen molar-refractivity contribution in [2.75, 3.05) is 13.1 Å². The molecular weight excluding hydrogens is 220 g/mol. The molecule has 1 aromatic carbocycles. The van der Waals surface area contributed by atoms with Gasteiger partial charge >= 0.3 is 5.97 Å². The van der Waals surface area contributed by atoms with Gasteiger partial charge in [-0.15, -0.1) is 0 Å². The molecule has 1 heterocycles. The van der Waals surface area contributed by atoms with E-state index in [1.165, 1.54) is 24.3 Å². The van der Waals surface area contributed by atoms with Gasteiger partial charge in [0, 0.05) is 24.7 Å². The van der Waals surface area contributed by atoms with Crippen LogP contribution in [0.15, 0.2) is 24.3 Å². The first-order valence-corrected chi connectivity index (χ1v) is 5.46. The van der Waals surface area contributed by atoms with Crippen LogP contribution in [0.1, 0.15) is 27.1 Å². The zero-order chi connectivity index (χ0) is 12.4. The highest BCUT2D eigenvalue weighted by Gasteiger charge is 2.24. The number of aromatic carboxylic acids is 1. The van der Waals surface area contributed by atoms with Crippen LogP contribution in [0.2, 0.25) is 0 Å². The lowest BCUT2D eigenvalue weighted by atomic mass is 10.1. The minimum atomic E-state index is -0.993. The maximum atomic E-state index is 12.0. The SMILES string of the molecule is NC1CCN(C(=O)c2ccc(C(=O)O)cc2)C1. The molecule has 1 aliphatic heterocycles. The van der Waals surface area contributed by atoms with Crippen LogP contribution in [0.3, 0.4) is 0 Å². The summed E-state index contributed by atoms with van der Waals surface area (Å²) in [7, 11) is 0. The molecule has 1 saturated heterocycles. The minimum absolute atomic E-state index is 0.0530. The van der Waals surface area contributed by atoms with Crippen molar-refractivity contribution >= 4 is 11.9 Å². The van der Waals surface area contributed by atoms with Gasteiger partial charge in [-0.1, -0.05) is 0 Å². The third-order valence-electron chi connectivity index (χ3n) is 2.89. The average molecular weight is 234 g/mol. The molecule has 2 rings (SSSR count). The number of carbonyl (C=O) groups is 2. The van der Waals surface area contributed by atoms with E-state index in [9.17, 15) is 9.59 Å². The summed E-state index contributed by atoms with van der Waals surface area (Å²) in [6.07, 6.45) is 0.818. The van der Waals surface area contributed by atoms with Gasteiger partial charge in [0.2, 0.25) is 0 Å². The minimum Gasteiger partial charge on any atom is -0.478 e. The van der Waals surface area contributed by atoms with E-state index in [4.69, 9.17) is 10.8 Å². The first-order chi connectivity index (χ1) is 8.08. The van der Waals surface area contributed by atoms with Crippen molar-refractivity contribution in [2.24, 2.45) is 5.73 Å². The van der Waals surface area contributed by atoms with Crippen LogP contribution in [-0.2, 0) is 0 Å². The molecule has 3 N–H and O–H groups in total. The lowest BCUT2D eigenvalue weighted by Gasteiger charge is -2.15. The highest BCUT2D eigenvalue weighted by molar-refractivity contribution is 5.96. The van der Waals surface area contributed by atoms with Crippen LogP contribution < -0.4 is 5.73 Å². The Balaban J connectivity index is 2.12. The zero-order valence-corrected chi connectivity index (χ0v) is 9.30. The standard InChI is InChI=1S/C12H14N2O3/c13-10-5-6-14(7-10)11(15)8-1-3-9(4-2-8)12(16)17/h1-4,10H,5-7,13H2,(H,16,17). The summed E-state index contributed by atoms with van der Waals surface area (Å²) in [5.74, 6) is -1.08. The molecule has 1 amide bonds. The number of hydrogen-bond acceptors (Lipinski definition) is 3. The monoisotopic (exact) mass is 234 g/mol. The Kier molecular flexibility index (Phi) is 3.10. The Morgan fingerprint density at radius 2 is 1.82 bits per heavy atom. The van der Waals surface area contributed by atoms with Crippen LogP contribution in [0, 0.1) is 0 Å². The Hall–Kier alpha value is -1.88. The third-order valence-corrected chi connectivity index (χ3v) is 2.89. The number of carboxylic acids is 1. The topological polar surface area (TPSA) is 83.6 Å². The number of nitrogens with zero attached hydrogens (tertiary/aromatic N) is 1. The van der Waals surface area contributed by atoms with E-state index in [2.05, 4.69) is 0 Å². The van der Waals surface area contributed by atoms with Crippen molar-refractivity contribution < 1.29 is 14.7 Å². The highest BCUT2D eigenvalue weighted by atomic mass is 16.4. The molecule has 0 saturated carbocycles. The van der Waals surface area contributed by atoms with Gasteiger partial charge in [0.05, 0.1) is 5.56 Å². The lowest BCUT2D eigenvalue weighted by Crippen LogP contribution is -2.31. The second-order valence-corrected chi connectivity index (χ2v) is 4.18. The van der Waals surface area contributed by atoms with Gasteiger partial charge in [-0.3, -0.25) is 4.79 Å². The first-order valence-electron chi connectivity index (χ1n) is 5.46. The van der Waals surface area contributed by atoms with Crippen LogP contribution >= 0.6 is 0 Å². The largest absolute Gasteiger partial charge is 0.478 e. The van der Waals surface area contributed by atoms with E-state index in [1.54, 1.807) is 4.90 Å². The number of rotatable bonds is 2. The maximum absolute atomic E-state index is 12.0. The molecule has 1 unspecified atom stereocenters. The van der Waals surface area contributed by atoms with Gasteiger partial charge in [0.25, 0.3) is 5.91 Å². The van der Waals surface area contributed by atoms with Crippen LogP contribution in [0.5, 0.6) is 0 Å². The molecule has 0 aromatic heterocycles. The molecule has 1 aliphatic rings. The molecule has 0 spiro atoms. The number of nitrogens with two attached hydrogens (primary N) is 1. The average Bonchev–Trinajstić information content (AvgIpc) is 2.75. The quantitative estimate of drug-likeness (QED) is 0.783. The van der Waals surface area contributed by atoms with Crippen molar-refractivity contribution in [3.63, 3.8) is 0 Å². The Morgan fingerprint density at radius 1 is 1.24 bits per heavy atom. The lowest BCUT2D eigenvalue weighted by molar-refractivity contribution is 0.0695. The van der Waals surface area contributed by atoms with E-state index in [0.717, 1.165) is 6.42 Å². The molecule has 17 heavy (non-hydrogen) atoms. The second kappa shape index (κ2) is 4.55. The van der Waals surface area contributed by atoms with E-state index in [-0.39, 0.29) is 17.5 Å². The van der Waals surface area contributed by atoms with Gasteiger partial charge in [-0.25, -0.2) is 4.79 Å². The smallest absolute Gasteiger partial charge is 0.335 e. The van der Waals surface area contributed by atoms with E-state index < -0.39 is 5.97 Å². The molecule has 1 atom stereocenters. The molecule has 5 heteroatoms. The molecule has 1 aromatic rings. The normalized spacial score (nSPS) is 19.4. The van der Waals surface area contributed by atoms with Crippen molar-refractivity contribution in [3.05, 3.63) is 35.4 Å². The molecule has 0 aliphatic carbocycles. The summed E-state index contributed by atoms with van der Waals surface area (Å²) in [6.45, 7) is 1.24. The Bertz CT molecular complexity index is 442. The first kappa shape index (κ1) is 11.6. The maximum Gasteiger partial charge on any atom is 0.335 e. The fourth-order valence-electron chi connectivity index (χ4n) is 1.91. The van der Waals surface area contributed by atoms with Gasteiger partial charge in [-0.05, 0) is 30.7 Å². The van der Waals surface area contributed by atoms with E-state index in [1.807, 2.05) is 0 Å². The summed E-state index contributed by atoms with van der Waals surface area (Å²) in [5, 5.41) is 8.75. The Morgan fingerprint density at radius 3 is 2.29 bits per heavy atom. The molecule has 0 bridgehead atoms. The van der Waals surface area contributed by atoms with Crippen LogP contribution in [0.4, 0.5) is 0 Å². The summed E-state index contributed by atoms with van der Waals surface area (Å²) >= 11 is 0. The molecule has 1 fully saturated rings. The van der Waals surface area contributed by atoms with Crippen molar-refractivity contribution in [1.82, 2.24) is 4.90 Å². The van der Waals surface area contributed by atoms with E-state index in [0.29, 0.717) is 18.7 Å². The third kappa shape index (κ3) is 2.45. The summed E-state index contributed by atoms with van der Waals surface area (Å²) in [4.78, 5) is 24.4. The van der Waals surface area contributed by atoms with Crippen LogP contribution in [0.25, 0.3) is 0 Å². The highest BCUT2D eigenvalue weighted by Crippen LogP contribution is 2.13. The van der Waals surface area contributed by atoms with Crippen LogP contribution in [-0.4, -0.2) is 41.0 Å². The Labute approximate surface area is 98.8 Å².